The highest BCUT2D eigenvalue weighted by Crippen LogP contribution is 2.36. The predicted octanol–water partition coefficient (Wildman–Crippen LogP) is 4.34. The molecule has 1 aliphatic rings. The Morgan fingerprint density at radius 2 is 1.76 bits per heavy atom. The van der Waals surface area contributed by atoms with Crippen molar-refractivity contribution in [3.05, 3.63) is 59.1 Å². The largest absolute Gasteiger partial charge is 0.497 e. The highest BCUT2D eigenvalue weighted by molar-refractivity contribution is 7.91. The molecule has 156 valence electrons. The van der Waals surface area contributed by atoms with Gasteiger partial charge in [0.1, 0.15) is 5.75 Å². The number of benzene rings is 2. The van der Waals surface area contributed by atoms with Gasteiger partial charge < -0.3 is 9.64 Å². The quantitative estimate of drug-likeness (QED) is 0.587. The van der Waals surface area contributed by atoms with Crippen molar-refractivity contribution in [1.29, 1.82) is 0 Å². The van der Waals surface area contributed by atoms with E-state index in [-0.39, 0.29) is 29.0 Å². The van der Waals surface area contributed by atoms with Crippen molar-refractivity contribution >= 4 is 27.3 Å². The molecular weight excluding hydrogens is 410 g/mol. The molecule has 1 unspecified atom stereocenters. The number of amides is 1. The third-order valence-electron chi connectivity index (χ3n) is 5.39. The second-order valence-corrected chi connectivity index (χ2v) is 10.0. The van der Waals surface area contributed by atoms with E-state index in [1.165, 1.54) is 12.1 Å². The van der Waals surface area contributed by atoms with Crippen LogP contribution in [0.2, 0.25) is 5.02 Å². The Labute approximate surface area is 177 Å². The number of carbonyl (C=O) groups is 1. The molecule has 0 N–H and O–H groups in total. The van der Waals surface area contributed by atoms with Crippen LogP contribution in [0.1, 0.15) is 31.7 Å². The molecule has 1 saturated carbocycles. The number of carbonyl (C=O) groups excluding carboxylic acids is 1. The second kappa shape index (κ2) is 9.18. The number of methoxy groups -OCH3 is 1. The molecule has 1 aliphatic carbocycles. The highest BCUT2D eigenvalue weighted by Gasteiger charge is 2.34. The minimum absolute atomic E-state index is 0.0435. The summed E-state index contributed by atoms with van der Waals surface area (Å²) in [5.74, 6) is 0.892. The van der Waals surface area contributed by atoms with E-state index in [1.54, 1.807) is 19.2 Å². The summed E-state index contributed by atoms with van der Waals surface area (Å²) in [6.07, 6.45) is 2.17. The summed E-state index contributed by atoms with van der Waals surface area (Å²) in [5, 5.41) is 0.476. The van der Waals surface area contributed by atoms with Crippen molar-refractivity contribution in [2.24, 2.45) is 5.92 Å². The molecule has 1 fully saturated rings. The van der Waals surface area contributed by atoms with Crippen LogP contribution in [-0.4, -0.2) is 38.1 Å². The summed E-state index contributed by atoms with van der Waals surface area (Å²) >= 11 is 5.83. The van der Waals surface area contributed by atoms with Crippen LogP contribution < -0.4 is 4.74 Å². The minimum Gasteiger partial charge on any atom is -0.497 e. The van der Waals surface area contributed by atoms with Crippen LogP contribution in [0.15, 0.2) is 53.4 Å². The Bertz CT molecular complexity index is 938. The van der Waals surface area contributed by atoms with Crippen molar-refractivity contribution in [3.63, 3.8) is 0 Å². The van der Waals surface area contributed by atoms with Gasteiger partial charge in [-0.1, -0.05) is 23.7 Å². The van der Waals surface area contributed by atoms with Gasteiger partial charge in [0, 0.05) is 24.0 Å². The Morgan fingerprint density at radius 1 is 1.14 bits per heavy atom. The lowest BCUT2D eigenvalue weighted by atomic mass is 10.1. The fourth-order valence-corrected chi connectivity index (χ4v) is 4.70. The molecule has 29 heavy (non-hydrogen) atoms. The maximum Gasteiger partial charge on any atom is 0.224 e. The first-order valence-electron chi connectivity index (χ1n) is 9.71. The van der Waals surface area contributed by atoms with Crippen LogP contribution in [0.25, 0.3) is 0 Å². The Balaban J connectivity index is 1.69. The van der Waals surface area contributed by atoms with E-state index in [0.29, 0.717) is 17.5 Å². The average molecular weight is 436 g/mol. The van der Waals surface area contributed by atoms with Gasteiger partial charge in [-0.15, -0.1) is 0 Å². The van der Waals surface area contributed by atoms with Gasteiger partial charge in [-0.05, 0) is 67.6 Å². The lowest BCUT2D eigenvalue weighted by molar-refractivity contribution is -0.133. The summed E-state index contributed by atoms with van der Waals surface area (Å²) in [7, 11) is -1.93. The van der Waals surface area contributed by atoms with Gasteiger partial charge in [-0.2, -0.15) is 0 Å². The molecule has 3 rings (SSSR count). The lowest BCUT2D eigenvalue weighted by Gasteiger charge is -2.30. The van der Waals surface area contributed by atoms with Crippen molar-refractivity contribution in [1.82, 2.24) is 4.90 Å². The van der Waals surface area contributed by atoms with Crippen LogP contribution in [-0.2, 0) is 21.2 Å². The number of halogens is 1. The maximum atomic E-state index is 13.0. The van der Waals surface area contributed by atoms with Crippen LogP contribution in [0.3, 0.4) is 0 Å². The fourth-order valence-electron chi connectivity index (χ4n) is 3.35. The zero-order valence-corrected chi connectivity index (χ0v) is 18.2. The average Bonchev–Trinajstić information content (AvgIpc) is 3.56. The molecule has 1 amide bonds. The van der Waals surface area contributed by atoms with Crippen molar-refractivity contribution in [3.8, 4) is 5.75 Å². The van der Waals surface area contributed by atoms with Crippen LogP contribution in [0, 0.1) is 5.92 Å². The number of ether oxygens (including phenoxy) is 1. The van der Waals surface area contributed by atoms with Gasteiger partial charge in [-0.25, -0.2) is 8.42 Å². The Morgan fingerprint density at radius 3 is 2.31 bits per heavy atom. The van der Waals surface area contributed by atoms with E-state index >= 15 is 0 Å². The Hall–Kier alpha value is -2.05. The molecule has 0 aliphatic heterocycles. The van der Waals surface area contributed by atoms with Crippen LogP contribution in [0.4, 0.5) is 0 Å². The van der Waals surface area contributed by atoms with Crippen LogP contribution >= 0.6 is 11.6 Å². The van der Waals surface area contributed by atoms with E-state index in [9.17, 15) is 13.2 Å². The molecule has 2 aromatic rings. The summed E-state index contributed by atoms with van der Waals surface area (Å²) in [6.45, 7) is 2.51. The molecule has 0 bridgehead atoms. The molecule has 7 heteroatoms. The molecule has 2 aromatic carbocycles. The SMILES string of the molecule is COc1ccc(CN(C(=O)CCS(=O)(=O)c2ccc(Cl)cc2)C(C)C2CC2)cc1. The normalized spacial score (nSPS) is 15.0. The van der Waals surface area contributed by atoms with E-state index in [2.05, 4.69) is 0 Å². The number of nitrogens with zero attached hydrogens (tertiary/aromatic N) is 1. The zero-order chi connectivity index (χ0) is 21.0. The van der Waals surface area contributed by atoms with E-state index < -0.39 is 9.84 Å². The van der Waals surface area contributed by atoms with E-state index in [0.717, 1.165) is 24.2 Å². The summed E-state index contributed by atoms with van der Waals surface area (Å²) < 4.78 is 30.4. The van der Waals surface area contributed by atoms with Gasteiger partial charge >= 0.3 is 0 Å². The third-order valence-corrected chi connectivity index (χ3v) is 7.37. The first-order chi connectivity index (χ1) is 13.8. The highest BCUT2D eigenvalue weighted by atomic mass is 35.5. The van der Waals surface area contributed by atoms with Crippen LogP contribution in [0.5, 0.6) is 5.75 Å². The number of hydrogen-bond donors (Lipinski definition) is 0. The van der Waals surface area contributed by atoms with Crippen molar-refractivity contribution in [2.75, 3.05) is 12.9 Å². The smallest absolute Gasteiger partial charge is 0.224 e. The first kappa shape index (κ1) is 21.7. The zero-order valence-electron chi connectivity index (χ0n) is 16.7. The second-order valence-electron chi connectivity index (χ2n) is 7.47. The molecule has 0 heterocycles. The molecule has 0 aromatic heterocycles. The minimum atomic E-state index is -3.54. The van der Waals surface area contributed by atoms with Gasteiger partial charge in [0.05, 0.1) is 17.8 Å². The number of rotatable bonds is 9. The van der Waals surface area contributed by atoms with Gasteiger partial charge in [0.15, 0.2) is 9.84 Å². The number of hydrogen-bond acceptors (Lipinski definition) is 4. The third kappa shape index (κ3) is 5.73. The summed E-state index contributed by atoms with van der Waals surface area (Å²) in [6, 6.07) is 13.7. The Kier molecular flexibility index (Phi) is 6.85. The van der Waals surface area contributed by atoms with Crippen molar-refractivity contribution in [2.45, 2.75) is 43.7 Å². The fraction of sp³-hybridized carbons (Fsp3) is 0.409. The molecule has 0 spiro atoms. The lowest BCUT2D eigenvalue weighted by Crippen LogP contribution is -2.40. The van der Waals surface area contributed by atoms with Gasteiger partial charge in [-0.3, -0.25) is 4.79 Å². The maximum absolute atomic E-state index is 13.0. The van der Waals surface area contributed by atoms with Gasteiger partial charge in [0.2, 0.25) is 5.91 Å². The molecular formula is C22H26ClNO4S. The van der Waals surface area contributed by atoms with Gasteiger partial charge in [0.25, 0.3) is 0 Å². The predicted molar refractivity (Wildman–Crippen MR) is 114 cm³/mol. The van der Waals surface area contributed by atoms with Crippen molar-refractivity contribution < 1.29 is 17.9 Å². The monoisotopic (exact) mass is 435 g/mol. The molecule has 5 nitrogen and oxygen atoms in total. The van der Waals surface area contributed by atoms with E-state index in [1.807, 2.05) is 36.1 Å². The number of sulfone groups is 1. The standard InChI is InChI=1S/C22H26ClNO4S/c1-16(18-5-6-18)24(15-17-3-9-20(28-2)10-4-17)22(25)13-14-29(26,27)21-11-7-19(23)8-12-21/h3-4,7-12,16,18H,5-6,13-15H2,1-2H3. The van der Waals surface area contributed by atoms with E-state index in [4.69, 9.17) is 16.3 Å². The molecule has 0 saturated heterocycles. The first-order valence-corrected chi connectivity index (χ1v) is 11.7. The summed E-state index contributed by atoms with van der Waals surface area (Å²) in [5.41, 5.74) is 0.993. The summed E-state index contributed by atoms with van der Waals surface area (Å²) in [4.78, 5) is 15.0. The molecule has 0 radical (unpaired) electrons. The molecule has 1 atom stereocenters. The topological polar surface area (TPSA) is 63.7 Å².